The quantitative estimate of drug-likeness (QED) is 0.776. The van der Waals surface area contributed by atoms with Gasteiger partial charge in [-0.3, -0.25) is 0 Å². The summed E-state index contributed by atoms with van der Waals surface area (Å²) in [6.45, 7) is 0. The molecule has 0 heterocycles. The van der Waals surface area contributed by atoms with Gasteiger partial charge in [-0.15, -0.1) is 0 Å². The Balaban J connectivity index is 1.45. The van der Waals surface area contributed by atoms with E-state index in [1.165, 1.54) is 5.56 Å². The lowest BCUT2D eigenvalue weighted by atomic mass is 9.76. The number of rotatable bonds is 4. The average molecular weight is 330 g/mol. The third kappa shape index (κ3) is 3.96. The van der Waals surface area contributed by atoms with Crippen molar-refractivity contribution in [3.8, 4) is 0 Å². The predicted molar refractivity (Wildman–Crippen MR) is 95.4 cm³/mol. The number of nitrogens with one attached hydrogen (secondary N) is 3. The highest BCUT2D eigenvalue weighted by Gasteiger charge is 2.31. The number of carbonyl (C=O) groups is 1. The molecule has 23 heavy (non-hydrogen) atoms. The van der Waals surface area contributed by atoms with E-state index in [1.807, 2.05) is 43.4 Å². The lowest BCUT2D eigenvalue weighted by molar-refractivity contribution is 0.233. The van der Waals surface area contributed by atoms with Gasteiger partial charge in [0.2, 0.25) is 0 Å². The molecule has 2 aromatic carbocycles. The van der Waals surface area contributed by atoms with Gasteiger partial charge in [0.15, 0.2) is 0 Å². The fourth-order valence-electron chi connectivity index (χ4n) is 2.82. The molecule has 1 aliphatic rings. The molecule has 2 amide bonds. The topological polar surface area (TPSA) is 53.2 Å². The molecule has 0 saturated heterocycles. The first-order chi connectivity index (χ1) is 11.1. The smallest absolute Gasteiger partial charge is 0.319 e. The van der Waals surface area contributed by atoms with Gasteiger partial charge in [0.05, 0.1) is 0 Å². The van der Waals surface area contributed by atoms with Gasteiger partial charge in [-0.2, -0.15) is 0 Å². The second-order valence-corrected chi connectivity index (χ2v) is 6.28. The molecule has 3 rings (SSSR count). The Hall–Kier alpha value is -2.20. The minimum atomic E-state index is -0.151. The molecule has 0 aliphatic heterocycles. The number of halogens is 1. The summed E-state index contributed by atoms with van der Waals surface area (Å²) < 4.78 is 0. The average Bonchev–Trinajstić information content (AvgIpc) is 2.52. The standard InChI is InChI=1S/C18H20ClN3O/c1-20-15-6-8-16(9-7-15)21-18(23)22-17-10-13(11-17)12-2-4-14(19)5-3-12/h2-9,13,17,20H,10-11H2,1H3,(H2,21,22,23). The Kier molecular flexibility index (Phi) is 4.72. The van der Waals surface area contributed by atoms with Gasteiger partial charge in [0.1, 0.15) is 0 Å². The molecule has 0 spiro atoms. The van der Waals surface area contributed by atoms with Gasteiger partial charge in [0, 0.05) is 29.5 Å². The van der Waals surface area contributed by atoms with Crippen molar-refractivity contribution in [3.63, 3.8) is 0 Å². The summed E-state index contributed by atoms with van der Waals surface area (Å²) in [5, 5.41) is 9.67. The van der Waals surface area contributed by atoms with Crippen LogP contribution in [-0.4, -0.2) is 19.1 Å². The van der Waals surface area contributed by atoms with Crippen LogP contribution in [0.15, 0.2) is 48.5 Å². The fraction of sp³-hybridized carbons (Fsp3) is 0.278. The normalized spacial score (nSPS) is 19.6. The van der Waals surface area contributed by atoms with E-state index < -0.39 is 0 Å². The first-order valence-corrected chi connectivity index (χ1v) is 8.12. The van der Waals surface area contributed by atoms with Gasteiger partial charge < -0.3 is 16.0 Å². The van der Waals surface area contributed by atoms with Crippen molar-refractivity contribution < 1.29 is 4.79 Å². The first kappa shape index (κ1) is 15.7. The maximum atomic E-state index is 12.0. The van der Waals surface area contributed by atoms with Gasteiger partial charge in [-0.1, -0.05) is 23.7 Å². The zero-order valence-electron chi connectivity index (χ0n) is 13.0. The molecule has 1 saturated carbocycles. The molecule has 120 valence electrons. The molecule has 0 unspecified atom stereocenters. The summed E-state index contributed by atoms with van der Waals surface area (Å²) in [5.74, 6) is 0.507. The van der Waals surface area contributed by atoms with E-state index in [9.17, 15) is 4.79 Å². The molecule has 0 atom stereocenters. The van der Waals surface area contributed by atoms with Crippen LogP contribution >= 0.6 is 11.6 Å². The largest absolute Gasteiger partial charge is 0.388 e. The van der Waals surface area contributed by atoms with Crippen molar-refractivity contribution in [3.05, 3.63) is 59.1 Å². The monoisotopic (exact) mass is 329 g/mol. The molecular formula is C18H20ClN3O. The van der Waals surface area contributed by atoms with Gasteiger partial charge >= 0.3 is 6.03 Å². The highest BCUT2D eigenvalue weighted by Crippen LogP contribution is 2.37. The Morgan fingerprint density at radius 3 is 2.22 bits per heavy atom. The van der Waals surface area contributed by atoms with E-state index in [-0.39, 0.29) is 12.1 Å². The van der Waals surface area contributed by atoms with E-state index in [1.54, 1.807) is 0 Å². The van der Waals surface area contributed by atoms with Crippen LogP contribution in [0, 0.1) is 0 Å². The molecule has 2 aromatic rings. The lowest BCUT2D eigenvalue weighted by Crippen LogP contribution is -2.45. The van der Waals surface area contributed by atoms with E-state index in [0.29, 0.717) is 5.92 Å². The van der Waals surface area contributed by atoms with Crippen molar-refractivity contribution >= 4 is 29.0 Å². The molecule has 1 fully saturated rings. The van der Waals surface area contributed by atoms with Crippen LogP contribution in [0.3, 0.4) is 0 Å². The molecule has 3 N–H and O–H groups in total. The van der Waals surface area contributed by atoms with Crippen molar-refractivity contribution in [1.29, 1.82) is 0 Å². The molecule has 0 aromatic heterocycles. The van der Waals surface area contributed by atoms with Crippen molar-refractivity contribution in [2.75, 3.05) is 17.7 Å². The van der Waals surface area contributed by atoms with E-state index in [4.69, 9.17) is 11.6 Å². The molecule has 5 heteroatoms. The Morgan fingerprint density at radius 2 is 1.61 bits per heavy atom. The van der Waals surface area contributed by atoms with Gasteiger partial charge in [-0.05, 0) is 60.7 Å². The maximum Gasteiger partial charge on any atom is 0.319 e. The number of benzene rings is 2. The summed E-state index contributed by atoms with van der Waals surface area (Å²) in [4.78, 5) is 12.0. The number of amides is 2. The van der Waals surface area contributed by atoms with Crippen LogP contribution in [0.2, 0.25) is 5.02 Å². The van der Waals surface area contributed by atoms with Crippen LogP contribution in [0.5, 0.6) is 0 Å². The highest BCUT2D eigenvalue weighted by atomic mass is 35.5. The predicted octanol–water partition coefficient (Wildman–Crippen LogP) is 4.45. The molecule has 1 aliphatic carbocycles. The van der Waals surface area contributed by atoms with Crippen molar-refractivity contribution in [2.24, 2.45) is 0 Å². The van der Waals surface area contributed by atoms with E-state index in [0.717, 1.165) is 29.2 Å². The lowest BCUT2D eigenvalue weighted by Gasteiger charge is -2.36. The summed E-state index contributed by atoms with van der Waals surface area (Å²) >= 11 is 5.90. The minimum Gasteiger partial charge on any atom is -0.388 e. The van der Waals surface area contributed by atoms with Crippen LogP contribution in [-0.2, 0) is 0 Å². The zero-order chi connectivity index (χ0) is 16.2. The number of urea groups is 1. The van der Waals surface area contributed by atoms with Crippen molar-refractivity contribution in [2.45, 2.75) is 24.8 Å². The second-order valence-electron chi connectivity index (χ2n) is 5.84. The number of hydrogen-bond acceptors (Lipinski definition) is 2. The highest BCUT2D eigenvalue weighted by molar-refractivity contribution is 6.30. The minimum absolute atomic E-state index is 0.151. The van der Waals surface area contributed by atoms with Crippen LogP contribution in [0.4, 0.5) is 16.2 Å². The van der Waals surface area contributed by atoms with Crippen molar-refractivity contribution in [1.82, 2.24) is 5.32 Å². The van der Waals surface area contributed by atoms with Gasteiger partial charge in [0.25, 0.3) is 0 Å². The SMILES string of the molecule is CNc1ccc(NC(=O)NC2CC(c3ccc(Cl)cc3)C2)cc1. The maximum absolute atomic E-state index is 12.0. The Bertz CT molecular complexity index is 664. The molecule has 0 radical (unpaired) electrons. The molecule has 0 bridgehead atoms. The number of hydrogen-bond donors (Lipinski definition) is 3. The molecular weight excluding hydrogens is 310 g/mol. The van der Waals surface area contributed by atoms with Crippen LogP contribution in [0.1, 0.15) is 24.3 Å². The Morgan fingerprint density at radius 1 is 1.00 bits per heavy atom. The number of carbonyl (C=O) groups excluding carboxylic acids is 1. The van der Waals surface area contributed by atoms with Gasteiger partial charge in [-0.25, -0.2) is 4.79 Å². The first-order valence-electron chi connectivity index (χ1n) is 7.75. The summed E-state index contributed by atoms with van der Waals surface area (Å²) in [6.07, 6.45) is 1.93. The zero-order valence-corrected chi connectivity index (χ0v) is 13.7. The van der Waals surface area contributed by atoms with Crippen LogP contribution in [0.25, 0.3) is 0 Å². The summed E-state index contributed by atoms with van der Waals surface area (Å²) in [5.41, 5.74) is 3.09. The summed E-state index contributed by atoms with van der Waals surface area (Å²) in [6, 6.07) is 15.6. The second kappa shape index (κ2) is 6.92. The van der Waals surface area contributed by atoms with E-state index >= 15 is 0 Å². The number of anilines is 2. The third-order valence-corrected chi connectivity index (χ3v) is 4.50. The molecule has 4 nitrogen and oxygen atoms in total. The summed E-state index contributed by atoms with van der Waals surface area (Å²) in [7, 11) is 1.86. The fourth-order valence-corrected chi connectivity index (χ4v) is 2.94. The van der Waals surface area contributed by atoms with E-state index in [2.05, 4.69) is 28.1 Å². The third-order valence-electron chi connectivity index (χ3n) is 4.25. The van der Waals surface area contributed by atoms with Crippen LogP contribution < -0.4 is 16.0 Å². The Labute approximate surface area is 141 Å².